The van der Waals surface area contributed by atoms with Gasteiger partial charge in [0, 0.05) is 16.3 Å². The third-order valence-electron chi connectivity index (χ3n) is 2.91. The highest BCUT2D eigenvalue weighted by molar-refractivity contribution is 7.98. The monoisotopic (exact) mass is 301 g/mol. The minimum atomic E-state index is -0.261. The molecule has 2 aromatic carbocycles. The lowest BCUT2D eigenvalue weighted by atomic mass is 10.1. The number of ether oxygens (including phenoxy) is 1. The van der Waals surface area contributed by atoms with Crippen LogP contribution in [0.15, 0.2) is 53.4 Å². The molecule has 0 aromatic heterocycles. The number of rotatable bonds is 6. The number of thioether (sulfide) groups is 1. The molecule has 0 saturated carbocycles. The largest absolute Gasteiger partial charge is 0.462 e. The Labute approximate surface area is 129 Å². The molecule has 2 rings (SSSR count). The van der Waals surface area contributed by atoms with Crippen LogP contribution in [0.3, 0.4) is 0 Å². The molecular weight excluding hydrogens is 282 g/mol. The molecule has 0 bridgehead atoms. The summed E-state index contributed by atoms with van der Waals surface area (Å²) in [5, 5.41) is 0. The maximum atomic E-state index is 11.8. The van der Waals surface area contributed by atoms with Gasteiger partial charge in [0.2, 0.25) is 0 Å². The van der Waals surface area contributed by atoms with Crippen LogP contribution < -0.4 is 5.73 Å². The number of esters is 1. The van der Waals surface area contributed by atoms with Crippen LogP contribution in [0.1, 0.15) is 29.3 Å². The molecule has 0 radical (unpaired) electrons. The summed E-state index contributed by atoms with van der Waals surface area (Å²) in [6.07, 6.45) is 0.828. The topological polar surface area (TPSA) is 52.3 Å². The molecule has 0 atom stereocenters. The van der Waals surface area contributed by atoms with Crippen molar-refractivity contribution >= 4 is 23.4 Å². The molecule has 110 valence electrons. The molecule has 21 heavy (non-hydrogen) atoms. The summed E-state index contributed by atoms with van der Waals surface area (Å²) in [4.78, 5) is 12.9. The van der Waals surface area contributed by atoms with Gasteiger partial charge >= 0.3 is 5.97 Å². The summed E-state index contributed by atoms with van der Waals surface area (Å²) < 4.78 is 5.15. The third kappa shape index (κ3) is 4.53. The Hall–Kier alpha value is -1.94. The molecule has 0 saturated heterocycles. The van der Waals surface area contributed by atoms with Gasteiger partial charge in [0.1, 0.15) is 0 Å². The van der Waals surface area contributed by atoms with Crippen LogP contribution in [0.25, 0.3) is 0 Å². The summed E-state index contributed by atoms with van der Waals surface area (Å²) in [5.41, 5.74) is 8.38. The van der Waals surface area contributed by atoms with E-state index in [9.17, 15) is 4.79 Å². The van der Waals surface area contributed by atoms with E-state index in [-0.39, 0.29) is 5.97 Å². The van der Waals surface area contributed by atoms with Gasteiger partial charge in [0.15, 0.2) is 0 Å². The molecule has 3 nitrogen and oxygen atoms in total. The van der Waals surface area contributed by atoms with E-state index < -0.39 is 0 Å². The van der Waals surface area contributed by atoms with Crippen molar-refractivity contribution in [1.29, 1.82) is 0 Å². The van der Waals surface area contributed by atoms with E-state index >= 15 is 0 Å². The molecule has 0 spiro atoms. The summed E-state index contributed by atoms with van der Waals surface area (Å²) in [7, 11) is 0. The van der Waals surface area contributed by atoms with Crippen molar-refractivity contribution in [1.82, 2.24) is 0 Å². The smallest absolute Gasteiger partial charge is 0.338 e. The molecule has 0 amide bonds. The minimum Gasteiger partial charge on any atom is -0.462 e. The van der Waals surface area contributed by atoms with Gasteiger partial charge in [0.25, 0.3) is 0 Å². The lowest BCUT2D eigenvalue weighted by Crippen LogP contribution is -2.06. The summed E-state index contributed by atoms with van der Waals surface area (Å²) in [6.45, 7) is 2.43. The number of anilines is 1. The van der Waals surface area contributed by atoms with Gasteiger partial charge < -0.3 is 10.5 Å². The highest BCUT2D eigenvalue weighted by Crippen LogP contribution is 2.27. The van der Waals surface area contributed by atoms with Gasteiger partial charge in [-0.25, -0.2) is 4.79 Å². The molecular formula is C17H19NO2S. The van der Waals surface area contributed by atoms with Crippen molar-refractivity contribution in [3.63, 3.8) is 0 Å². The first-order chi connectivity index (χ1) is 10.2. The van der Waals surface area contributed by atoms with Crippen molar-refractivity contribution < 1.29 is 9.53 Å². The van der Waals surface area contributed by atoms with Gasteiger partial charge in [-0.3, -0.25) is 0 Å². The zero-order valence-electron chi connectivity index (χ0n) is 12.0. The second-order valence-corrected chi connectivity index (χ2v) is 5.68. The van der Waals surface area contributed by atoms with Crippen LogP contribution in [-0.2, 0) is 10.5 Å². The number of nitrogens with two attached hydrogens (primary N) is 1. The highest BCUT2D eigenvalue weighted by Gasteiger charge is 2.07. The quantitative estimate of drug-likeness (QED) is 0.495. The number of hydrogen-bond donors (Lipinski definition) is 1. The van der Waals surface area contributed by atoms with E-state index in [1.165, 1.54) is 0 Å². The van der Waals surface area contributed by atoms with Gasteiger partial charge in [-0.1, -0.05) is 31.2 Å². The van der Waals surface area contributed by atoms with Gasteiger partial charge in [0.05, 0.1) is 12.2 Å². The Morgan fingerprint density at radius 3 is 2.76 bits per heavy atom. The number of para-hydroxylation sites is 1. The Morgan fingerprint density at radius 1 is 1.19 bits per heavy atom. The summed E-state index contributed by atoms with van der Waals surface area (Å²) in [6, 6.07) is 15.3. The van der Waals surface area contributed by atoms with Crippen molar-refractivity contribution in [2.75, 3.05) is 12.3 Å². The molecule has 0 aliphatic heterocycles. The second kappa shape index (κ2) is 7.74. The third-order valence-corrected chi connectivity index (χ3v) is 4.07. The Balaban J connectivity index is 2.01. The van der Waals surface area contributed by atoms with E-state index in [1.807, 2.05) is 49.4 Å². The fourth-order valence-electron chi connectivity index (χ4n) is 1.84. The second-order valence-electron chi connectivity index (χ2n) is 4.66. The van der Waals surface area contributed by atoms with Gasteiger partial charge in [-0.15, -0.1) is 11.8 Å². The maximum absolute atomic E-state index is 11.8. The Morgan fingerprint density at radius 2 is 2.00 bits per heavy atom. The number of nitrogen functional groups attached to an aromatic ring is 1. The predicted molar refractivity (Wildman–Crippen MR) is 87.4 cm³/mol. The zero-order valence-corrected chi connectivity index (χ0v) is 12.9. The van der Waals surface area contributed by atoms with Crippen LogP contribution in [0.2, 0.25) is 0 Å². The van der Waals surface area contributed by atoms with Crippen molar-refractivity contribution in [3.8, 4) is 0 Å². The molecule has 0 aliphatic carbocycles. The number of benzene rings is 2. The minimum absolute atomic E-state index is 0.261. The Bertz CT molecular complexity index is 613. The van der Waals surface area contributed by atoms with Crippen LogP contribution >= 0.6 is 11.8 Å². The fraction of sp³-hybridized carbons (Fsp3) is 0.235. The SMILES string of the molecule is CCCOC(=O)c1cccc(CSc2ccccc2N)c1. The van der Waals surface area contributed by atoms with Crippen molar-refractivity contribution in [2.24, 2.45) is 0 Å². The molecule has 2 aromatic rings. The summed E-state index contributed by atoms with van der Waals surface area (Å²) in [5.74, 6) is 0.506. The first-order valence-electron chi connectivity index (χ1n) is 6.94. The van der Waals surface area contributed by atoms with Crippen LogP contribution in [0.4, 0.5) is 5.69 Å². The van der Waals surface area contributed by atoms with Crippen LogP contribution in [0, 0.1) is 0 Å². The van der Waals surface area contributed by atoms with Crippen molar-refractivity contribution in [3.05, 3.63) is 59.7 Å². The molecule has 0 aliphatic rings. The predicted octanol–water partition coefficient (Wildman–Crippen LogP) is 4.13. The highest BCUT2D eigenvalue weighted by atomic mass is 32.2. The van der Waals surface area contributed by atoms with Crippen molar-refractivity contribution in [2.45, 2.75) is 24.0 Å². The van der Waals surface area contributed by atoms with Crippen LogP contribution in [-0.4, -0.2) is 12.6 Å². The lowest BCUT2D eigenvalue weighted by Gasteiger charge is -2.07. The summed E-state index contributed by atoms with van der Waals surface area (Å²) >= 11 is 1.66. The number of carbonyl (C=O) groups excluding carboxylic acids is 1. The molecule has 4 heteroatoms. The first kappa shape index (κ1) is 15.4. The zero-order chi connectivity index (χ0) is 15.1. The first-order valence-corrected chi connectivity index (χ1v) is 7.92. The van der Waals surface area contributed by atoms with E-state index in [0.29, 0.717) is 12.2 Å². The van der Waals surface area contributed by atoms with Gasteiger partial charge in [-0.05, 0) is 36.2 Å². The van der Waals surface area contributed by atoms with Crippen LogP contribution in [0.5, 0.6) is 0 Å². The number of hydrogen-bond acceptors (Lipinski definition) is 4. The number of carbonyl (C=O) groups is 1. The maximum Gasteiger partial charge on any atom is 0.338 e. The van der Waals surface area contributed by atoms with E-state index in [4.69, 9.17) is 10.5 Å². The van der Waals surface area contributed by atoms with E-state index in [2.05, 4.69) is 0 Å². The molecule has 2 N–H and O–H groups in total. The van der Waals surface area contributed by atoms with Gasteiger partial charge in [-0.2, -0.15) is 0 Å². The average Bonchev–Trinajstić information content (AvgIpc) is 2.52. The van der Waals surface area contributed by atoms with E-state index in [1.54, 1.807) is 17.8 Å². The molecule has 0 heterocycles. The molecule has 0 fully saturated rings. The average molecular weight is 301 g/mol. The van der Waals surface area contributed by atoms with E-state index in [0.717, 1.165) is 28.3 Å². The fourth-order valence-corrected chi connectivity index (χ4v) is 2.75. The Kier molecular flexibility index (Phi) is 5.69. The molecule has 0 unspecified atom stereocenters. The lowest BCUT2D eigenvalue weighted by molar-refractivity contribution is 0.0505. The normalized spacial score (nSPS) is 10.3. The standard InChI is InChI=1S/C17H19NO2S/c1-2-10-20-17(19)14-7-5-6-13(11-14)12-21-16-9-4-3-8-15(16)18/h3-9,11H,2,10,12,18H2,1H3.